The van der Waals surface area contributed by atoms with E-state index in [-0.39, 0.29) is 6.47 Å². The number of aromatic amines is 1. The molecule has 2 rings (SSSR count). The van der Waals surface area contributed by atoms with Gasteiger partial charge in [0.2, 0.25) is 0 Å². The van der Waals surface area contributed by atoms with E-state index in [4.69, 9.17) is 15.0 Å². The molecule has 2 aromatic rings. The molecule has 0 aliphatic heterocycles. The van der Waals surface area contributed by atoms with Gasteiger partial charge in [0, 0.05) is 26.4 Å². The number of imidazole rings is 2. The first kappa shape index (κ1) is 21.5. The van der Waals surface area contributed by atoms with Crippen molar-refractivity contribution in [2.45, 2.75) is 13.8 Å². The monoisotopic (exact) mass is 317 g/mol. The number of hydrogen-bond donors (Lipinski definition) is 1. The summed E-state index contributed by atoms with van der Waals surface area (Å²) in [5.41, 5.74) is 0. The average Bonchev–Trinajstić information content (AvgIpc) is 3.09. The Bertz CT molecular complexity index is 432. The lowest BCUT2D eigenvalue weighted by Gasteiger charge is -1.88. The van der Waals surface area contributed by atoms with E-state index in [2.05, 4.69) is 24.5 Å². The van der Waals surface area contributed by atoms with Crippen LogP contribution in [-0.2, 0) is 28.7 Å². The van der Waals surface area contributed by atoms with Gasteiger partial charge < -0.3 is 14.7 Å². The van der Waals surface area contributed by atoms with Gasteiger partial charge in [0.05, 0.1) is 7.05 Å². The molecule has 0 aromatic carbocycles. The van der Waals surface area contributed by atoms with Crippen molar-refractivity contribution in [2.75, 3.05) is 7.11 Å². The molecule has 0 bridgehead atoms. The zero-order valence-electron chi connectivity index (χ0n) is 13.2. The highest BCUT2D eigenvalue weighted by Crippen LogP contribution is 1.87. The van der Waals surface area contributed by atoms with Crippen LogP contribution in [0.4, 0.5) is 0 Å². The first-order valence-electron chi connectivity index (χ1n) is 5.92. The number of hydrogen-bond acceptors (Lipinski definition) is 6. The van der Waals surface area contributed by atoms with Crippen LogP contribution in [-0.4, -0.2) is 28.1 Å². The van der Waals surface area contributed by atoms with Crippen molar-refractivity contribution in [3.05, 3.63) is 46.1 Å². The quantitative estimate of drug-likeness (QED) is 0.261. The van der Waals surface area contributed by atoms with E-state index in [9.17, 15) is 0 Å². The molecule has 2 heterocycles. The van der Waals surface area contributed by atoms with Crippen LogP contribution in [0.15, 0.2) is 24.8 Å². The second kappa shape index (κ2) is 14.7. The number of aryl methyl sites for hydroxylation is 4. The van der Waals surface area contributed by atoms with Crippen molar-refractivity contribution in [3.63, 3.8) is 0 Å². The van der Waals surface area contributed by atoms with Gasteiger partial charge in [-0.1, -0.05) is 4.89 Å². The third kappa shape index (κ3) is 12.3. The van der Waals surface area contributed by atoms with Crippen LogP contribution in [0, 0.1) is 23.6 Å². The van der Waals surface area contributed by atoms with Crippen LogP contribution in [0.1, 0.15) is 11.6 Å². The fourth-order valence-corrected chi connectivity index (χ4v) is 0.923. The lowest BCUT2D eigenvalue weighted by molar-refractivity contribution is -0.676. The van der Waals surface area contributed by atoms with E-state index >= 15 is 0 Å². The molecule has 10 heteroatoms. The summed E-state index contributed by atoms with van der Waals surface area (Å²) in [6.45, 7) is 3.82. The van der Waals surface area contributed by atoms with Gasteiger partial charge in [0.25, 0.3) is 17.3 Å². The number of nitrogens with zero attached hydrogens (tertiary/aromatic N) is 3. The first-order valence-corrected chi connectivity index (χ1v) is 5.92. The predicted molar refractivity (Wildman–Crippen MR) is 75.5 cm³/mol. The highest BCUT2D eigenvalue weighted by Gasteiger charge is 1.93. The molecule has 0 unspecified atom stereocenters. The summed E-state index contributed by atoms with van der Waals surface area (Å²) in [6, 6.07) is 0. The summed E-state index contributed by atoms with van der Waals surface area (Å²) in [5, 5.41) is 8.43. The molecule has 0 amide bonds. The van der Waals surface area contributed by atoms with Gasteiger partial charge in [-0.2, -0.15) is 0 Å². The van der Waals surface area contributed by atoms with E-state index < -0.39 is 0 Å². The lowest BCUT2D eigenvalue weighted by atomic mass is 10.7. The van der Waals surface area contributed by atoms with Crippen molar-refractivity contribution in [1.29, 1.82) is 0 Å². The molecule has 0 aliphatic rings. The fourth-order valence-electron chi connectivity index (χ4n) is 0.923. The summed E-state index contributed by atoms with van der Waals surface area (Å²) < 4.78 is 6.79. The largest absolute Gasteiger partial charge is 0.662 e. The van der Waals surface area contributed by atoms with E-state index in [0.29, 0.717) is 0 Å². The summed E-state index contributed by atoms with van der Waals surface area (Å²) in [7, 11) is 5.13. The SMILES string of the molecule is CO[O+]=O.Cc1[nH]cc[n+]1C.Cc1nccn1C.O=CO[O-]. The summed E-state index contributed by atoms with van der Waals surface area (Å²) in [5.74, 6) is 2.24. The van der Waals surface area contributed by atoms with Crippen LogP contribution in [0.5, 0.6) is 0 Å². The van der Waals surface area contributed by atoms with E-state index in [1.54, 1.807) is 6.20 Å². The smallest absolute Gasteiger partial charge is 0.376 e. The Morgan fingerprint density at radius 3 is 2.14 bits per heavy atom. The molecule has 0 saturated carbocycles. The molecule has 0 fully saturated rings. The van der Waals surface area contributed by atoms with Crippen LogP contribution >= 0.6 is 0 Å². The second-order valence-electron chi connectivity index (χ2n) is 3.67. The Hall–Kier alpha value is -2.75. The number of aromatic nitrogens is 4. The van der Waals surface area contributed by atoms with Crippen LogP contribution in [0.2, 0.25) is 0 Å². The lowest BCUT2D eigenvalue weighted by Crippen LogP contribution is -2.27. The molecule has 0 radical (unpaired) electrons. The zero-order chi connectivity index (χ0) is 17.4. The van der Waals surface area contributed by atoms with E-state index in [0.717, 1.165) is 12.9 Å². The van der Waals surface area contributed by atoms with Crippen molar-refractivity contribution in [2.24, 2.45) is 14.1 Å². The Kier molecular flexibility index (Phi) is 14.4. The van der Waals surface area contributed by atoms with E-state index in [1.807, 2.05) is 55.7 Å². The van der Waals surface area contributed by atoms with Crippen molar-refractivity contribution < 1.29 is 24.4 Å². The van der Waals surface area contributed by atoms with Gasteiger partial charge in [-0.05, 0) is 6.92 Å². The molecule has 124 valence electrons. The number of carbonyl (C=O) groups excluding carboxylic acids is 1. The van der Waals surface area contributed by atoms with Crippen molar-refractivity contribution in [3.8, 4) is 0 Å². The Morgan fingerprint density at radius 2 is 2.05 bits per heavy atom. The van der Waals surface area contributed by atoms with Gasteiger partial charge in [-0.3, -0.25) is 4.79 Å². The van der Waals surface area contributed by atoms with Gasteiger partial charge in [-0.25, -0.2) is 14.5 Å². The van der Waals surface area contributed by atoms with Crippen LogP contribution < -0.4 is 9.82 Å². The third-order valence-corrected chi connectivity index (χ3v) is 2.29. The van der Waals surface area contributed by atoms with Crippen LogP contribution in [0.3, 0.4) is 0 Å². The molecular weight excluding hydrogens is 296 g/mol. The maximum Gasteiger partial charge on any atom is 0.376 e. The fraction of sp³-hybridized carbons (Fsp3) is 0.417. The summed E-state index contributed by atoms with van der Waals surface area (Å²) >= 11 is 0. The molecule has 0 spiro atoms. The minimum absolute atomic E-state index is 0.181. The predicted octanol–water partition coefficient (Wildman–Crippen LogP) is -0.525. The molecule has 22 heavy (non-hydrogen) atoms. The average molecular weight is 317 g/mol. The van der Waals surface area contributed by atoms with Gasteiger partial charge in [0.1, 0.15) is 18.2 Å². The molecule has 0 aliphatic carbocycles. The topological polar surface area (TPSA) is 124 Å². The Morgan fingerprint density at radius 1 is 1.50 bits per heavy atom. The van der Waals surface area contributed by atoms with Gasteiger partial charge in [0.15, 0.2) is 7.11 Å². The summed E-state index contributed by atoms with van der Waals surface area (Å²) in [4.78, 5) is 30.3. The molecule has 1 N–H and O–H groups in total. The minimum Gasteiger partial charge on any atom is -0.662 e. The highest BCUT2D eigenvalue weighted by molar-refractivity contribution is 5.35. The molecule has 10 nitrogen and oxygen atoms in total. The van der Waals surface area contributed by atoms with Gasteiger partial charge in [-0.15, -0.1) is 0 Å². The standard InChI is InChI=1S/2C5H8N2.CH3O3.CH2O3/c2*1-5-6-3-4-7(5)2;1-3-4-2;2-1-4-3/h2*3-4H,1-2H3;1H3;1,3H/q;;+1;. The molecule has 2 aromatic heterocycles. The maximum atomic E-state index is 8.64. The zero-order valence-corrected chi connectivity index (χ0v) is 13.2. The van der Waals surface area contributed by atoms with Crippen molar-refractivity contribution >= 4 is 6.47 Å². The summed E-state index contributed by atoms with van der Waals surface area (Å²) in [6.07, 6.45) is 7.61. The first-order chi connectivity index (χ1) is 10.4. The van der Waals surface area contributed by atoms with Crippen LogP contribution in [0.25, 0.3) is 0 Å². The normalized spacial score (nSPS) is 7.91. The number of carbonyl (C=O) groups is 1. The number of H-pyrrole nitrogens is 1. The highest BCUT2D eigenvalue weighted by atomic mass is 17.3. The Labute approximate surface area is 127 Å². The van der Waals surface area contributed by atoms with Gasteiger partial charge >= 0.3 is 4.75 Å². The number of rotatable bonds is 2. The molecular formula is C12H21N4O6+. The Balaban J connectivity index is 0. The molecule has 0 atom stereocenters. The van der Waals surface area contributed by atoms with E-state index in [1.165, 1.54) is 5.82 Å². The minimum atomic E-state index is -0.181. The number of nitrogens with one attached hydrogen (secondary N) is 1. The van der Waals surface area contributed by atoms with Crippen molar-refractivity contribution in [1.82, 2.24) is 14.5 Å². The second-order valence-corrected chi connectivity index (χ2v) is 3.67. The molecule has 0 saturated heterocycles. The third-order valence-electron chi connectivity index (χ3n) is 2.29. The maximum absolute atomic E-state index is 8.64.